The van der Waals surface area contributed by atoms with Crippen molar-refractivity contribution in [1.29, 1.82) is 0 Å². The van der Waals surface area contributed by atoms with Crippen LogP contribution in [0.15, 0.2) is 72.9 Å². The van der Waals surface area contributed by atoms with Crippen molar-refractivity contribution in [2.75, 3.05) is 19.8 Å². The summed E-state index contributed by atoms with van der Waals surface area (Å²) in [7, 11) is 0. The van der Waals surface area contributed by atoms with Crippen LogP contribution in [0.2, 0.25) is 0 Å². The van der Waals surface area contributed by atoms with Crippen molar-refractivity contribution in [3.63, 3.8) is 0 Å². The molecule has 5 nitrogen and oxygen atoms in total. The summed E-state index contributed by atoms with van der Waals surface area (Å²) in [5.41, 5.74) is 3.71. The van der Waals surface area contributed by atoms with E-state index in [4.69, 9.17) is 9.84 Å². The molecule has 0 atom stereocenters. The molecule has 0 radical (unpaired) electrons. The Morgan fingerprint density at radius 1 is 1.11 bits per heavy atom. The van der Waals surface area contributed by atoms with Crippen LogP contribution in [0.1, 0.15) is 18.9 Å². The number of hydrogen-bond acceptors (Lipinski definition) is 3. The monoisotopic (exact) mass is 375 g/mol. The van der Waals surface area contributed by atoms with E-state index in [1.807, 2.05) is 84.5 Å². The van der Waals surface area contributed by atoms with E-state index in [1.54, 1.807) is 6.08 Å². The van der Waals surface area contributed by atoms with Gasteiger partial charge in [-0.15, -0.1) is 0 Å². The lowest BCUT2D eigenvalue weighted by Gasteiger charge is -2.02. The molecular formula is C23H25N3O2. The average Bonchev–Trinajstić information content (AvgIpc) is 3.18. The summed E-state index contributed by atoms with van der Waals surface area (Å²) >= 11 is 0. The summed E-state index contributed by atoms with van der Waals surface area (Å²) in [6.07, 6.45) is 6.11. The molecule has 1 aromatic heterocycles. The molecule has 28 heavy (non-hydrogen) atoms. The Morgan fingerprint density at radius 3 is 2.54 bits per heavy atom. The number of ether oxygens (including phenoxy) is 1. The third-order valence-electron chi connectivity index (χ3n) is 4.19. The minimum atomic E-state index is -0.122. The van der Waals surface area contributed by atoms with Gasteiger partial charge in [-0.25, -0.2) is 4.68 Å². The molecule has 0 saturated carbocycles. The molecule has 0 spiro atoms. The number of para-hydroxylation sites is 1. The van der Waals surface area contributed by atoms with Crippen molar-refractivity contribution in [2.24, 2.45) is 0 Å². The van der Waals surface area contributed by atoms with Gasteiger partial charge in [-0.3, -0.25) is 4.79 Å². The smallest absolute Gasteiger partial charge is 0.244 e. The summed E-state index contributed by atoms with van der Waals surface area (Å²) in [5, 5.41) is 7.62. The van der Waals surface area contributed by atoms with Crippen LogP contribution in [0, 0.1) is 0 Å². The van der Waals surface area contributed by atoms with Crippen molar-refractivity contribution in [1.82, 2.24) is 15.1 Å². The van der Waals surface area contributed by atoms with Crippen molar-refractivity contribution < 1.29 is 9.53 Å². The second-order valence-corrected chi connectivity index (χ2v) is 6.25. The van der Waals surface area contributed by atoms with Gasteiger partial charge in [0, 0.05) is 43.2 Å². The highest BCUT2D eigenvalue weighted by Crippen LogP contribution is 2.24. The molecule has 2 aromatic carbocycles. The molecule has 0 aliphatic rings. The topological polar surface area (TPSA) is 56.1 Å². The van der Waals surface area contributed by atoms with Crippen LogP contribution in [0.4, 0.5) is 0 Å². The predicted molar refractivity (Wildman–Crippen MR) is 112 cm³/mol. The van der Waals surface area contributed by atoms with E-state index in [2.05, 4.69) is 5.32 Å². The fraction of sp³-hybridized carbons (Fsp3) is 0.217. The summed E-state index contributed by atoms with van der Waals surface area (Å²) in [6.45, 7) is 3.91. The second-order valence-electron chi connectivity index (χ2n) is 6.25. The van der Waals surface area contributed by atoms with Crippen LogP contribution >= 0.6 is 0 Å². The van der Waals surface area contributed by atoms with Gasteiger partial charge in [0.1, 0.15) is 0 Å². The molecule has 5 heteroatoms. The van der Waals surface area contributed by atoms with Crippen molar-refractivity contribution in [2.45, 2.75) is 13.3 Å². The van der Waals surface area contributed by atoms with Gasteiger partial charge in [-0.05, 0) is 31.6 Å². The van der Waals surface area contributed by atoms with Gasteiger partial charge in [-0.1, -0.05) is 48.5 Å². The predicted octanol–water partition coefficient (Wildman–Crippen LogP) is 4.10. The third-order valence-corrected chi connectivity index (χ3v) is 4.19. The Balaban J connectivity index is 1.77. The minimum Gasteiger partial charge on any atom is -0.382 e. The summed E-state index contributed by atoms with van der Waals surface area (Å²) in [4.78, 5) is 12.1. The highest BCUT2D eigenvalue weighted by molar-refractivity contribution is 5.92. The van der Waals surface area contributed by atoms with Gasteiger partial charge in [0.25, 0.3) is 0 Å². The Bertz CT molecular complexity index is 902. The summed E-state index contributed by atoms with van der Waals surface area (Å²) in [5.74, 6) is -0.122. The van der Waals surface area contributed by atoms with Crippen LogP contribution in [0.3, 0.4) is 0 Å². The first-order chi connectivity index (χ1) is 13.8. The van der Waals surface area contributed by atoms with Crippen molar-refractivity contribution in [3.8, 4) is 16.9 Å². The minimum absolute atomic E-state index is 0.122. The fourth-order valence-corrected chi connectivity index (χ4v) is 2.80. The quantitative estimate of drug-likeness (QED) is 0.453. The van der Waals surface area contributed by atoms with Crippen LogP contribution < -0.4 is 5.32 Å². The van der Waals surface area contributed by atoms with Gasteiger partial charge in [-0.2, -0.15) is 5.10 Å². The Kier molecular flexibility index (Phi) is 7.15. The lowest BCUT2D eigenvalue weighted by molar-refractivity contribution is -0.116. The number of rotatable bonds is 9. The van der Waals surface area contributed by atoms with Crippen LogP contribution in [-0.2, 0) is 9.53 Å². The average molecular weight is 375 g/mol. The van der Waals surface area contributed by atoms with Gasteiger partial charge in [0.15, 0.2) is 0 Å². The number of amides is 1. The first-order valence-electron chi connectivity index (χ1n) is 9.52. The van der Waals surface area contributed by atoms with E-state index in [9.17, 15) is 4.79 Å². The van der Waals surface area contributed by atoms with E-state index in [1.165, 1.54) is 0 Å². The number of aromatic nitrogens is 2. The molecule has 0 fully saturated rings. The SMILES string of the molecule is CCOCCCNC(=O)/C=C/c1cn(-c2ccccc2)nc1-c1ccccc1. The molecule has 0 aliphatic carbocycles. The standard InChI is InChI=1S/C23H25N3O2/c1-2-28-17-9-16-24-22(27)15-14-20-18-26(21-12-7-4-8-13-21)25-23(20)19-10-5-3-6-11-19/h3-8,10-15,18H,2,9,16-17H2,1H3,(H,24,27)/b15-14+. The van der Waals surface area contributed by atoms with Gasteiger partial charge in [0.05, 0.1) is 11.4 Å². The Morgan fingerprint density at radius 2 is 1.82 bits per heavy atom. The summed E-state index contributed by atoms with van der Waals surface area (Å²) < 4.78 is 7.11. The van der Waals surface area contributed by atoms with Crippen LogP contribution in [0.25, 0.3) is 23.0 Å². The molecule has 3 rings (SSSR count). The fourth-order valence-electron chi connectivity index (χ4n) is 2.80. The normalized spacial score (nSPS) is 11.0. The Labute approximate surface area is 165 Å². The first kappa shape index (κ1) is 19.6. The highest BCUT2D eigenvalue weighted by Gasteiger charge is 2.10. The molecule has 0 aliphatic heterocycles. The molecule has 0 saturated heterocycles. The second kappa shape index (κ2) is 10.2. The number of nitrogens with one attached hydrogen (secondary N) is 1. The van der Waals surface area contributed by atoms with Crippen LogP contribution in [0.5, 0.6) is 0 Å². The zero-order valence-electron chi connectivity index (χ0n) is 16.0. The third kappa shape index (κ3) is 5.41. The maximum absolute atomic E-state index is 12.1. The molecule has 1 N–H and O–H groups in total. The molecule has 0 unspecified atom stereocenters. The highest BCUT2D eigenvalue weighted by atomic mass is 16.5. The van der Waals surface area contributed by atoms with E-state index in [0.717, 1.165) is 28.9 Å². The summed E-state index contributed by atoms with van der Waals surface area (Å²) in [6, 6.07) is 19.9. The number of hydrogen-bond donors (Lipinski definition) is 1. The maximum atomic E-state index is 12.1. The molecular weight excluding hydrogens is 350 g/mol. The van der Waals surface area contributed by atoms with Crippen LogP contribution in [-0.4, -0.2) is 35.4 Å². The molecule has 3 aromatic rings. The van der Waals surface area contributed by atoms with Gasteiger partial charge >= 0.3 is 0 Å². The molecule has 1 heterocycles. The number of carbonyl (C=O) groups is 1. The van der Waals surface area contributed by atoms with Crippen molar-refractivity contribution in [3.05, 3.63) is 78.5 Å². The van der Waals surface area contributed by atoms with E-state index in [0.29, 0.717) is 19.8 Å². The first-order valence-corrected chi connectivity index (χ1v) is 9.52. The van der Waals surface area contributed by atoms with Gasteiger partial charge in [0.2, 0.25) is 5.91 Å². The zero-order chi connectivity index (χ0) is 19.6. The lowest BCUT2D eigenvalue weighted by atomic mass is 10.1. The molecule has 144 valence electrons. The molecule has 1 amide bonds. The number of nitrogens with zero attached hydrogens (tertiary/aromatic N) is 2. The lowest BCUT2D eigenvalue weighted by Crippen LogP contribution is -2.23. The van der Waals surface area contributed by atoms with Gasteiger partial charge < -0.3 is 10.1 Å². The largest absolute Gasteiger partial charge is 0.382 e. The number of carbonyl (C=O) groups excluding carboxylic acids is 1. The maximum Gasteiger partial charge on any atom is 0.244 e. The van der Waals surface area contributed by atoms with E-state index >= 15 is 0 Å². The number of benzene rings is 2. The van der Waals surface area contributed by atoms with E-state index < -0.39 is 0 Å². The molecule has 0 bridgehead atoms. The zero-order valence-corrected chi connectivity index (χ0v) is 16.0. The van der Waals surface area contributed by atoms with E-state index in [-0.39, 0.29) is 5.91 Å². The Hall–Kier alpha value is -3.18. The van der Waals surface area contributed by atoms with Crippen molar-refractivity contribution >= 4 is 12.0 Å².